The number of hydrogen-bond donors (Lipinski definition) is 0. The summed E-state index contributed by atoms with van der Waals surface area (Å²) >= 11 is 0. The van der Waals surface area contributed by atoms with E-state index < -0.39 is 0 Å². The van der Waals surface area contributed by atoms with Crippen LogP contribution in [0.3, 0.4) is 0 Å². The molecule has 1 aliphatic rings. The molecule has 18 heavy (non-hydrogen) atoms. The first-order valence-electron chi connectivity index (χ1n) is 6.27. The zero-order valence-electron chi connectivity index (χ0n) is 10.5. The fourth-order valence-corrected chi connectivity index (χ4v) is 1.79. The van der Waals surface area contributed by atoms with E-state index in [1.165, 1.54) is 12.3 Å². The first kappa shape index (κ1) is 13.1. The maximum absolute atomic E-state index is 11.6. The fourth-order valence-electron chi connectivity index (χ4n) is 1.79. The molecule has 5 heteroatoms. The summed E-state index contributed by atoms with van der Waals surface area (Å²) in [7, 11) is 0. The van der Waals surface area contributed by atoms with Crippen LogP contribution in [0.5, 0.6) is 5.75 Å². The van der Waals surface area contributed by atoms with Crippen molar-refractivity contribution >= 4 is 0 Å². The highest BCUT2D eigenvalue weighted by atomic mass is 16.7. The summed E-state index contributed by atoms with van der Waals surface area (Å²) in [5.41, 5.74) is -0.189. The fraction of sp³-hybridized carbons (Fsp3) is 0.615. The molecular formula is C13H18O5. The summed E-state index contributed by atoms with van der Waals surface area (Å²) in [6, 6.07) is 1.40. The largest absolute Gasteiger partial charge is 0.487 e. The normalized spacial score (nSPS) is 19.7. The monoisotopic (exact) mass is 254 g/mol. The minimum atomic E-state index is -0.189. The van der Waals surface area contributed by atoms with E-state index >= 15 is 0 Å². The number of ether oxygens (including phenoxy) is 3. The predicted molar refractivity (Wildman–Crippen MR) is 64.5 cm³/mol. The number of rotatable bonds is 5. The zero-order chi connectivity index (χ0) is 12.8. The second-order valence-electron chi connectivity index (χ2n) is 4.12. The van der Waals surface area contributed by atoms with Crippen molar-refractivity contribution in [3.05, 3.63) is 28.3 Å². The molecule has 5 nitrogen and oxygen atoms in total. The van der Waals surface area contributed by atoms with Crippen LogP contribution in [0.2, 0.25) is 0 Å². The molecule has 1 aromatic rings. The highest BCUT2D eigenvalue weighted by Crippen LogP contribution is 2.15. The average molecular weight is 254 g/mol. The van der Waals surface area contributed by atoms with Gasteiger partial charge in [0.25, 0.3) is 0 Å². The van der Waals surface area contributed by atoms with Crippen LogP contribution < -0.4 is 10.2 Å². The molecule has 1 unspecified atom stereocenters. The Hall–Kier alpha value is -1.33. The van der Waals surface area contributed by atoms with Gasteiger partial charge >= 0.3 is 0 Å². The SMILES string of the molecule is CCOc1coc(COC2CCCCO2)cc1=O. The van der Waals surface area contributed by atoms with E-state index in [0.29, 0.717) is 12.4 Å². The second-order valence-corrected chi connectivity index (χ2v) is 4.12. The Labute approximate surface area is 106 Å². The first-order valence-corrected chi connectivity index (χ1v) is 6.27. The van der Waals surface area contributed by atoms with Gasteiger partial charge < -0.3 is 18.6 Å². The van der Waals surface area contributed by atoms with E-state index in [-0.39, 0.29) is 24.1 Å². The molecule has 1 atom stereocenters. The highest BCUT2D eigenvalue weighted by molar-refractivity contribution is 5.17. The molecule has 0 aromatic carbocycles. The number of hydrogen-bond acceptors (Lipinski definition) is 5. The van der Waals surface area contributed by atoms with Gasteiger partial charge in [0, 0.05) is 12.7 Å². The van der Waals surface area contributed by atoms with Crippen molar-refractivity contribution in [2.45, 2.75) is 39.1 Å². The van der Waals surface area contributed by atoms with Crippen molar-refractivity contribution in [3.8, 4) is 5.75 Å². The Bertz CT molecular complexity index is 420. The van der Waals surface area contributed by atoms with Crippen LogP contribution in [-0.2, 0) is 16.1 Å². The van der Waals surface area contributed by atoms with Gasteiger partial charge in [-0.3, -0.25) is 4.79 Å². The van der Waals surface area contributed by atoms with Gasteiger partial charge in [-0.2, -0.15) is 0 Å². The van der Waals surface area contributed by atoms with E-state index in [1.807, 2.05) is 6.92 Å². The topological polar surface area (TPSA) is 57.9 Å². The molecule has 0 saturated carbocycles. The van der Waals surface area contributed by atoms with Crippen molar-refractivity contribution in [2.24, 2.45) is 0 Å². The summed E-state index contributed by atoms with van der Waals surface area (Å²) < 4.78 is 21.3. The summed E-state index contributed by atoms with van der Waals surface area (Å²) in [5.74, 6) is 0.716. The molecule has 0 amide bonds. The van der Waals surface area contributed by atoms with Gasteiger partial charge in [-0.1, -0.05) is 0 Å². The molecule has 0 aliphatic carbocycles. The Kier molecular flexibility index (Phi) is 4.78. The van der Waals surface area contributed by atoms with E-state index in [2.05, 4.69) is 0 Å². The van der Waals surface area contributed by atoms with Crippen molar-refractivity contribution in [2.75, 3.05) is 13.2 Å². The summed E-state index contributed by atoms with van der Waals surface area (Å²) in [6.45, 7) is 3.23. The standard InChI is InChI=1S/C13H18O5/c1-2-15-12-9-17-10(7-11(12)14)8-18-13-5-3-4-6-16-13/h7,9,13H,2-6,8H2,1H3. The molecule has 0 radical (unpaired) electrons. The Morgan fingerprint density at radius 1 is 1.44 bits per heavy atom. The Morgan fingerprint density at radius 2 is 2.33 bits per heavy atom. The molecule has 100 valence electrons. The minimum Gasteiger partial charge on any atom is -0.487 e. The third-order valence-electron chi connectivity index (χ3n) is 2.70. The van der Waals surface area contributed by atoms with E-state index in [4.69, 9.17) is 18.6 Å². The minimum absolute atomic E-state index is 0.185. The van der Waals surface area contributed by atoms with Crippen molar-refractivity contribution in [3.63, 3.8) is 0 Å². The van der Waals surface area contributed by atoms with Gasteiger partial charge in [0.15, 0.2) is 6.29 Å². The molecule has 2 heterocycles. The molecule has 1 aromatic heterocycles. The Morgan fingerprint density at radius 3 is 3.00 bits per heavy atom. The quantitative estimate of drug-likeness (QED) is 0.805. The third-order valence-corrected chi connectivity index (χ3v) is 2.70. The lowest BCUT2D eigenvalue weighted by atomic mass is 10.2. The zero-order valence-corrected chi connectivity index (χ0v) is 10.5. The molecule has 0 N–H and O–H groups in total. The molecule has 2 rings (SSSR count). The lowest BCUT2D eigenvalue weighted by Crippen LogP contribution is -2.22. The van der Waals surface area contributed by atoms with Crippen LogP contribution in [0.25, 0.3) is 0 Å². The molecule has 1 saturated heterocycles. The maximum Gasteiger partial charge on any atom is 0.227 e. The lowest BCUT2D eigenvalue weighted by Gasteiger charge is -2.22. The van der Waals surface area contributed by atoms with Crippen LogP contribution >= 0.6 is 0 Å². The van der Waals surface area contributed by atoms with Gasteiger partial charge in [-0.15, -0.1) is 0 Å². The summed E-state index contributed by atoms with van der Waals surface area (Å²) in [4.78, 5) is 11.6. The van der Waals surface area contributed by atoms with Gasteiger partial charge in [-0.05, 0) is 26.2 Å². The average Bonchev–Trinajstić information content (AvgIpc) is 2.41. The van der Waals surface area contributed by atoms with E-state index in [0.717, 1.165) is 25.9 Å². The predicted octanol–water partition coefficient (Wildman–Crippen LogP) is 2.08. The highest BCUT2D eigenvalue weighted by Gasteiger charge is 2.14. The smallest absolute Gasteiger partial charge is 0.227 e. The molecule has 1 fully saturated rings. The van der Waals surface area contributed by atoms with Crippen LogP contribution in [0.15, 0.2) is 21.5 Å². The summed E-state index contributed by atoms with van der Waals surface area (Å²) in [5, 5.41) is 0. The van der Waals surface area contributed by atoms with E-state index in [1.54, 1.807) is 0 Å². The van der Waals surface area contributed by atoms with Gasteiger partial charge in [0.2, 0.25) is 11.2 Å². The molecule has 1 aliphatic heterocycles. The van der Waals surface area contributed by atoms with Gasteiger partial charge in [-0.25, -0.2) is 0 Å². The maximum atomic E-state index is 11.6. The van der Waals surface area contributed by atoms with Crippen LogP contribution in [0, 0.1) is 0 Å². The van der Waals surface area contributed by atoms with Crippen molar-refractivity contribution in [1.29, 1.82) is 0 Å². The van der Waals surface area contributed by atoms with Crippen molar-refractivity contribution < 1.29 is 18.6 Å². The Balaban J connectivity index is 1.89. The summed E-state index contributed by atoms with van der Waals surface area (Å²) in [6.07, 6.45) is 4.22. The third kappa shape index (κ3) is 3.58. The van der Waals surface area contributed by atoms with Gasteiger partial charge in [0.05, 0.1) is 6.61 Å². The molecule has 0 spiro atoms. The lowest BCUT2D eigenvalue weighted by molar-refractivity contribution is -0.171. The molecule has 0 bridgehead atoms. The van der Waals surface area contributed by atoms with Crippen LogP contribution in [0.4, 0.5) is 0 Å². The van der Waals surface area contributed by atoms with Crippen molar-refractivity contribution in [1.82, 2.24) is 0 Å². The van der Waals surface area contributed by atoms with E-state index in [9.17, 15) is 4.79 Å². The van der Waals surface area contributed by atoms with Gasteiger partial charge in [0.1, 0.15) is 18.6 Å². The van der Waals surface area contributed by atoms with Crippen LogP contribution in [0.1, 0.15) is 31.9 Å². The molecular weight excluding hydrogens is 236 g/mol. The van der Waals surface area contributed by atoms with Crippen LogP contribution in [-0.4, -0.2) is 19.5 Å². The second kappa shape index (κ2) is 6.56. The first-order chi connectivity index (χ1) is 8.79.